The van der Waals surface area contributed by atoms with Crippen molar-refractivity contribution in [1.82, 2.24) is 8.75 Å². The normalized spacial score (nSPS) is 15.2. The number of fused-ring (bicyclic) bond motifs is 1. The lowest BCUT2D eigenvalue weighted by molar-refractivity contribution is -0.153. The molecule has 1 aromatic heterocycles. The molecule has 2 aromatic carbocycles. The van der Waals surface area contributed by atoms with Gasteiger partial charge in [0, 0.05) is 0 Å². The molecule has 5 nitrogen and oxygen atoms in total. The van der Waals surface area contributed by atoms with Gasteiger partial charge in [0.15, 0.2) is 6.61 Å². The molecule has 0 N–H and O–H groups in total. The fraction of sp³-hybridized carbons (Fsp3) is 0.381. The molecule has 0 saturated heterocycles. The Morgan fingerprint density at radius 3 is 2.60 bits per heavy atom. The van der Waals surface area contributed by atoms with Crippen LogP contribution in [0.3, 0.4) is 0 Å². The number of carbonyl (C=O) groups is 1. The summed E-state index contributed by atoms with van der Waals surface area (Å²) in [7, 11) is 1.32. The standard InChI is InChI=1S/C21H19F3N2O3S/c1-28-20(27)17(6-12-2-3-12)15-7-14(8-16(9-15)29-11-21(22,23)24)13-4-5-18-19(10-13)26-30-25-18/h4-5,7-10,12,17H,2-3,6,11H2,1H3. The van der Waals surface area contributed by atoms with Gasteiger partial charge in [0.1, 0.15) is 16.8 Å². The average molecular weight is 436 g/mol. The average Bonchev–Trinajstić information content (AvgIpc) is 3.42. The minimum Gasteiger partial charge on any atom is -0.484 e. The maximum absolute atomic E-state index is 12.7. The van der Waals surface area contributed by atoms with Gasteiger partial charge in [-0.25, -0.2) is 0 Å². The minimum atomic E-state index is -4.46. The number of carbonyl (C=O) groups excluding carboxylic acids is 1. The molecule has 0 radical (unpaired) electrons. The zero-order valence-electron chi connectivity index (χ0n) is 16.1. The number of hydrogen-bond donors (Lipinski definition) is 0. The largest absolute Gasteiger partial charge is 0.484 e. The number of halogens is 3. The summed E-state index contributed by atoms with van der Waals surface area (Å²) in [6, 6.07) is 10.3. The third-order valence-corrected chi connectivity index (χ3v) is 5.63. The Labute approximate surface area is 175 Å². The van der Waals surface area contributed by atoms with E-state index in [9.17, 15) is 18.0 Å². The molecule has 0 spiro atoms. The number of nitrogens with zero attached hydrogens (tertiary/aromatic N) is 2. The number of methoxy groups -OCH3 is 1. The summed E-state index contributed by atoms with van der Waals surface area (Å²) in [6.07, 6.45) is -1.78. The number of rotatable bonds is 7. The highest BCUT2D eigenvalue weighted by Crippen LogP contribution is 2.41. The van der Waals surface area contributed by atoms with Crippen LogP contribution in [0.25, 0.3) is 22.2 Å². The predicted molar refractivity (Wildman–Crippen MR) is 106 cm³/mol. The van der Waals surface area contributed by atoms with Crippen LogP contribution in [-0.4, -0.2) is 34.6 Å². The van der Waals surface area contributed by atoms with Crippen molar-refractivity contribution in [3.8, 4) is 16.9 Å². The fourth-order valence-electron chi connectivity index (χ4n) is 3.40. The molecule has 1 aliphatic carbocycles. The van der Waals surface area contributed by atoms with Crippen LogP contribution >= 0.6 is 11.7 Å². The third kappa shape index (κ3) is 4.89. The summed E-state index contributed by atoms with van der Waals surface area (Å²) >= 11 is 1.09. The van der Waals surface area contributed by atoms with Crippen LogP contribution in [0.4, 0.5) is 13.2 Å². The molecule has 30 heavy (non-hydrogen) atoms. The molecule has 4 rings (SSSR count). The molecular formula is C21H19F3N2O3S. The van der Waals surface area contributed by atoms with Gasteiger partial charge in [-0.15, -0.1) is 0 Å². The van der Waals surface area contributed by atoms with Gasteiger partial charge in [-0.1, -0.05) is 25.0 Å². The van der Waals surface area contributed by atoms with E-state index < -0.39 is 24.7 Å². The van der Waals surface area contributed by atoms with Gasteiger partial charge in [-0.05, 0) is 53.3 Å². The van der Waals surface area contributed by atoms with Gasteiger partial charge >= 0.3 is 12.1 Å². The van der Waals surface area contributed by atoms with Gasteiger partial charge in [0.05, 0.1) is 24.8 Å². The maximum atomic E-state index is 12.7. The first-order chi connectivity index (χ1) is 14.3. The summed E-state index contributed by atoms with van der Waals surface area (Å²) < 4.78 is 56.5. The van der Waals surface area contributed by atoms with E-state index in [2.05, 4.69) is 8.75 Å². The van der Waals surface area contributed by atoms with Crippen LogP contribution < -0.4 is 4.74 Å². The Kier molecular flexibility index (Phi) is 5.64. The smallest absolute Gasteiger partial charge is 0.422 e. The van der Waals surface area contributed by atoms with E-state index in [1.165, 1.54) is 13.2 Å². The first-order valence-corrected chi connectivity index (χ1v) is 10.2. The SMILES string of the molecule is COC(=O)C(CC1CC1)c1cc(OCC(F)(F)F)cc(-c2ccc3nsnc3c2)c1. The number of aromatic nitrogens is 2. The number of hydrogen-bond acceptors (Lipinski definition) is 6. The van der Waals surface area contributed by atoms with Crippen molar-refractivity contribution in [3.05, 3.63) is 42.0 Å². The summed E-state index contributed by atoms with van der Waals surface area (Å²) in [5.41, 5.74) is 3.42. The highest BCUT2D eigenvalue weighted by atomic mass is 32.1. The van der Waals surface area contributed by atoms with Gasteiger partial charge in [-0.2, -0.15) is 21.9 Å². The molecule has 1 aliphatic rings. The Balaban J connectivity index is 1.75. The lowest BCUT2D eigenvalue weighted by Crippen LogP contribution is -2.20. The van der Waals surface area contributed by atoms with Crippen LogP contribution in [0.2, 0.25) is 0 Å². The van der Waals surface area contributed by atoms with Gasteiger partial charge < -0.3 is 9.47 Å². The van der Waals surface area contributed by atoms with Crippen molar-refractivity contribution in [1.29, 1.82) is 0 Å². The second-order valence-corrected chi connectivity index (χ2v) is 7.95. The molecule has 1 heterocycles. The zero-order valence-corrected chi connectivity index (χ0v) is 16.9. The summed E-state index contributed by atoms with van der Waals surface area (Å²) in [5.74, 6) is -0.476. The van der Waals surface area contributed by atoms with E-state index in [-0.39, 0.29) is 5.75 Å². The number of ether oxygens (including phenoxy) is 2. The third-order valence-electron chi connectivity index (χ3n) is 5.07. The van der Waals surface area contributed by atoms with E-state index in [0.717, 1.165) is 35.6 Å². The first kappa shape index (κ1) is 20.6. The fourth-order valence-corrected chi connectivity index (χ4v) is 3.92. The van der Waals surface area contributed by atoms with Gasteiger partial charge in [0.2, 0.25) is 0 Å². The van der Waals surface area contributed by atoms with Crippen molar-refractivity contribution in [2.75, 3.05) is 13.7 Å². The molecular weight excluding hydrogens is 417 g/mol. The molecule has 1 unspecified atom stereocenters. The van der Waals surface area contributed by atoms with Gasteiger partial charge in [0.25, 0.3) is 0 Å². The Hall–Kier alpha value is -2.68. The molecule has 158 valence electrons. The van der Waals surface area contributed by atoms with E-state index >= 15 is 0 Å². The highest BCUT2D eigenvalue weighted by Gasteiger charge is 2.32. The Morgan fingerprint density at radius 1 is 1.13 bits per heavy atom. The lowest BCUT2D eigenvalue weighted by atomic mass is 9.90. The van der Waals surface area contributed by atoms with Crippen molar-refractivity contribution in [2.24, 2.45) is 5.92 Å². The molecule has 1 saturated carbocycles. The monoisotopic (exact) mass is 436 g/mol. The van der Waals surface area contributed by atoms with Crippen LogP contribution in [0.15, 0.2) is 36.4 Å². The number of esters is 1. The topological polar surface area (TPSA) is 61.3 Å². The molecule has 9 heteroatoms. The highest BCUT2D eigenvalue weighted by molar-refractivity contribution is 7.00. The zero-order chi connectivity index (χ0) is 21.3. The summed E-state index contributed by atoms with van der Waals surface area (Å²) in [4.78, 5) is 12.4. The molecule has 0 aliphatic heterocycles. The molecule has 1 fully saturated rings. The van der Waals surface area contributed by atoms with Crippen molar-refractivity contribution in [2.45, 2.75) is 31.4 Å². The number of benzene rings is 2. The molecule has 3 aromatic rings. The van der Waals surface area contributed by atoms with Crippen molar-refractivity contribution >= 4 is 28.7 Å². The summed E-state index contributed by atoms with van der Waals surface area (Å²) in [5, 5.41) is 0. The van der Waals surface area contributed by atoms with E-state index in [0.29, 0.717) is 29.0 Å². The van der Waals surface area contributed by atoms with E-state index in [1.54, 1.807) is 12.1 Å². The Bertz CT molecular complexity index is 1060. The van der Waals surface area contributed by atoms with Crippen LogP contribution in [0.1, 0.15) is 30.7 Å². The van der Waals surface area contributed by atoms with E-state index in [1.807, 2.05) is 18.2 Å². The molecule has 0 amide bonds. The summed E-state index contributed by atoms with van der Waals surface area (Å²) in [6.45, 7) is -1.41. The van der Waals surface area contributed by atoms with Crippen LogP contribution in [0.5, 0.6) is 5.75 Å². The maximum Gasteiger partial charge on any atom is 0.422 e. The molecule has 0 bridgehead atoms. The molecule has 1 atom stereocenters. The first-order valence-electron chi connectivity index (χ1n) is 9.47. The van der Waals surface area contributed by atoms with Crippen LogP contribution in [-0.2, 0) is 9.53 Å². The van der Waals surface area contributed by atoms with Crippen molar-refractivity contribution < 1.29 is 27.4 Å². The van der Waals surface area contributed by atoms with E-state index in [4.69, 9.17) is 9.47 Å². The second kappa shape index (κ2) is 8.22. The predicted octanol–water partition coefficient (Wildman–Crippen LogP) is 5.36. The van der Waals surface area contributed by atoms with Gasteiger partial charge in [-0.3, -0.25) is 4.79 Å². The Morgan fingerprint density at radius 2 is 1.90 bits per heavy atom. The lowest BCUT2D eigenvalue weighted by Gasteiger charge is -2.18. The minimum absolute atomic E-state index is 0.0565. The van der Waals surface area contributed by atoms with Crippen LogP contribution in [0, 0.1) is 5.92 Å². The second-order valence-electron chi connectivity index (χ2n) is 7.42. The quantitative estimate of drug-likeness (QED) is 0.467. The number of alkyl halides is 3. The van der Waals surface area contributed by atoms with Crippen molar-refractivity contribution in [3.63, 3.8) is 0 Å².